The fourth-order valence-corrected chi connectivity index (χ4v) is 4.67. The third kappa shape index (κ3) is 4.68. The van der Waals surface area contributed by atoms with Gasteiger partial charge in [-0.2, -0.15) is 0 Å². The van der Waals surface area contributed by atoms with E-state index in [4.69, 9.17) is 0 Å². The first-order chi connectivity index (χ1) is 12.4. The highest BCUT2D eigenvalue weighted by Crippen LogP contribution is 2.23. The maximum absolute atomic E-state index is 13.0. The number of benzene rings is 2. The number of rotatable bonds is 5. The van der Waals surface area contributed by atoms with Gasteiger partial charge in [-0.25, -0.2) is 17.1 Å². The summed E-state index contributed by atoms with van der Waals surface area (Å²) in [4.78, 5) is 12.5. The Morgan fingerprint density at radius 2 is 1.81 bits per heavy atom. The van der Waals surface area contributed by atoms with Gasteiger partial charge in [0.05, 0.1) is 11.7 Å². The van der Waals surface area contributed by atoms with Gasteiger partial charge in [-0.15, -0.1) is 0 Å². The highest BCUT2D eigenvalue weighted by atomic mass is 32.2. The summed E-state index contributed by atoms with van der Waals surface area (Å²) in [6, 6.07) is 14.5. The first-order valence-electron chi connectivity index (χ1n) is 8.52. The summed E-state index contributed by atoms with van der Waals surface area (Å²) in [5, 5.41) is 2.73. The zero-order valence-corrected chi connectivity index (χ0v) is 15.1. The minimum Gasteiger partial charge on any atom is -0.326 e. The molecule has 2 aromatic carbocycles. The largest absolute Gasteiger partial charge is 0.326 e. The Morgan fingerprint density at radius 1 is 1.12 bits per heavy atom. The molecule has 0 saturated carbocycles. The van der Waals surface area contributed by atoms with Crippen molar-refractivity contribution in [1.82, 2.24) is 4.31 Å². The van der Waals surface area contributed by atoms with Crippen molar-refractivity contribution in [3.8, 4) is 0 Å². The normalized spacial score (nSPS) is 18.4. The third-order valence-corrected chi connectivity index (χ3v) is 6.27. The van der Waals surface area contributed by atoms with Crippen molar-refractivity contribution in [2.75, 3.05) is 18.4 Å². The molecule has 2 aromatic rings. The van der Waals surface area contributed by atoms with E-state index in [1.54, 1.807) is 24.3 Å². The summed E-state index contributed by atoms with van der Waals surface area (Å²) >= 11 is 0. The molecule has 26 heavy (non-hydrogen) atoms. The molecule has 0 aliphatic carbocycles. The Balaban J connectivity index is 1.64. The number of nitrogens with one attached hydrogen (secondary N) is 1. The second-order valence-corrected chi connectivity index (χ2v) is 8.40. The van der Waals surface area contributed by atoms with Gasteiger partial charge in [-0.05, 0) is 42.7 Å². The molecule has 1 atom stereocenters. The molecule has 1 unspecified atom stereocenters. The molecule has 3 rings (SSSR count). The van der Waals surface area contributed by atoms with Crippen LogP contribution in [0.25, 0.3) is 0 Å². The van der Waals surface area contributed by atoms with Crippen molar-refractivity contribution >= 4 is 21.6 Å². The van der Waals surface area contributed by atoms with Gasteiger partial charge >= 0.3 is 0 Å². The zero-order chi connectivity index (χ0) is 18.6. The number of sulfonamides is 1. The summed E-state index contributed by atoms with van der Waals surface area (Å²) in [6.45, 7) is 0.595. The molecule has 5 nitrogen and oxygen atoms in total. The van der Waals surface area contributed by atoms with Crippen LogP contribution in [-0.4, -0.2) is 31.7 Å². The molecule has 0 bridgehead atoms. The van der Waals surface area contributed by atoms with E-state index in [1.807, 2.05) is 6.07 Å². The SMILES string of the molecule is O=C(Nc1ccc(F)cc1)C1CCCN(S(=O)(=O)Cc2ccccc2)C1. The maximum Gasteiger partial charge on any atom is 0.228 e. The monoisotopic (exact) mass is 376 g/mol. The van der Waals surface area contributed by atoms with Crippen molar-refractivity contribution in [3.63, 3.8) is 0 Å². The molecule has 1 fully saturated rings. The van der Waals surface area contributed by atoms with Crippen molar-refractivity contribution in [3.05, 3.63) is 66.0 Å². The molecule has 1 aliphatic heterocycles. The molecule has 1 saturated heterocycles. The van der Waals surface area contributed by atoms with Crippen LogP contribution in [-0.2, 0) is 20.6 Å². The quantitative estimate of drug-likeness (QED) is 0.872. The van der Waals surface area contributed by atoms with Gasteiger partial charge in [0.25, 0.3) is 0 Å². The average molecular weight is 376 g/mol. The third-order valence-electron chi connectivity index (χ3n) is 4.45. The fourth-order valence-electron chi connectivity index (χ4n) is 3.06. The van der Waals surface area contributed by atoms with Crippen LogP contribution in [0.1, 0.15) is 18.4 Å². The van der Waals surface area contributed by atoms with Gasteiger partial charge in [-0.3, -0.25) is 4.79 Å². The minimum absolute atomic E-state index is 0.0693. The molecule has 1 heterocycles. The summed E-state index contributed by atoms with van der Waals surface area (Å²) in [7, 11) is -3.48. The second-order valence-electron chi connectivity index (χ2n) is 6.44. The Labute approximate surface area is 152 Å². The van der Waals surface area contributed by atoms with E-state index in [1.165, 1.54) is 28.6 Å². The van der Waals surface area contributed by atoms with E-state index in [0.717, 1.165) is 5.56 Å². The standard InChI is InChI=1S/C19H21FN2O3S/c20-17-8-10-18(11-9-17)21-19(23)16-7-4-12-22(13-16)26(24,25)14-15-5-2-1-3-6-15/h1-3,5-6,8-11,16H,4,7,12-14H2,(H,21,23). The number of halogens is 1. The zero-order valence-electron chi connectivity index (χ0n) is 14.3. The van der Waals surface area contributed by atoms with E-state index in [9.17, 15) is 17.6 Å². The van der Waals surface area contributed by atoms with Gasteiger partial charge in [0.2, 0.25) is 15.9 Å². The lowest BCUT2D eigenvalue weighted by Crippen LogP contribution is -2.44. The lowest BCUT2D eigenvalue weighted by atomic mass is 9.99. The van der Waals surface area contributed by atoms with Crippen molar-refractivity contribution in [1.29, 1.82) is 0 Å². The number of carbonyl (C=O) groups is 1. The van der Waals surface area contributed by atoms with Crippen LogP contribution in [0.2, 0.25) is 0 Å². The van der Waals surface area contributed by atoms with Gasteiger partial charge < -0.3 is 5.32 Å². The van der Waals surface area contributed by atoms with Crippen molar-refractivity contribution < 1.29 is 17.6 Å². The smallest absolute Gasteiger partial charge is 0.228 e. The summed E-state index contributed by atoms with van der Waals surface area (Å²) in [5.74, 6) is -1.10. The number of carbonyl (C=O) groups excluding carboxylic acids is 1. The van der Waals surface area contributed by atoms with Gasteiger partial charge in [-0.1, -0.05) is 30.3 Å². The van der Waals surface area contributed by atoms with Crippen LogP contribution in [0, 0.1) is 11.7 Å². The molecule has 0 spiro atoms. The van der Waals surface area contributed by atoms with Gasteiger partial charge in [0.1, 0.15) is 5.82 Å². The first-order valence-corrected chi connectivity index (χ1v) is 10.1. The molecule has 0 radical (unpaired) electrons. The number of nitrogens with zero attached hydrogens (tertiary/aromatic N) is 1. The predicted molar refractivity (Wildman–Crippen MR) is 98.4 cm³/mol. The molecule has 0 aromatic heterocycles. The summed E-state index contributed by atoms with van der Waals surface area (Å²) in [6.07, 6.45) is 1.26. The fraction of sp³-hybridized carbons (Fsp3) is 0.316. The molecular formula is C19H21FN2O3S. The maximum atomic E-state index is 13.0. The van der Waals surface area contributed by atoms with Gasteiger partial charge in [0, 0.05) is 18.8 Å². The predicted octanol–water partition coefficient (Wildman–Crippen LogP) is 3.01. The molecule has 1 aliphatic rings. The highest BCUT2D eigenvalue weighted by Gasteiger charge is 2.32. The Bertz CT molecular complexity index is 854. The molecule has 138 valence electrons. The number of anilines is 1. The van der Waals surface area contributed by atoms with Crippen LogP contribution in [0.5, 0.6) is 0 Å². The van der Waals surface area contributed by atoms with Crippen LogP contribution >= 0.6 is 0 Å². The summed E-state index contributed by atoms with van der Waals surface area (Å²) in [5.41, 5.74) is 1.23. The van der Waals surface area contributed by atoms with Crippen molar-refractivity contribution in [2.24, 2.45) is 5.92 Å². The van der Waals surface area contributed by atoms with E-state index in [-0.39, 0.29) is 24.0 Å². The molecular weight excluding hydrogens is 355 g/mol. The van der Waals surface area contributed by atoms with E-state index >= 15 is 0 Å². The molecule has 7 heteroatoms. The number of hydrogen-bond donors (Lipinski definition) is 1. The number of piperidine rings is 1. The average Bonchev–Trinajstić information content (AvgIpc) is 2.64. The van der Waals surface area contributed by atoms with Crippen LogP contribution in [0.15, 0.2) is 54.6 Å². The van der Waals surface area contributed by atoms with E-state index in [2.05, 4.69) is 5.32 Å². The minimum atomic E-state index is -3.48. The number of hydrogen-bond acceptors (Lipinski definition) is 3. The van der Waals surface area contributed by atoms with E-state index < -0.39 is 15.9 Å². The molecule has 1 N–H and O–H groups in total. The van der Waals surface area contributed by atoms with Crippen LogP contribution in [0.3, 0.4) is 0 Å². The highest BCUT2D eigenvalue weighted by molar-refractivity contribution is 7.88. The number of amides is 1. The van der Waals surface area contributed by atoms with E-state index in [0.29, 0.717) is 25.1 Å². The Kier molecular flexibility index (Phi) is 5.68. The Morgan fingerprint density at radius 3 is 2.50 bits per heavy atom. The Hall–Kier alpha value is -2.25. The van der Waals surface area contributed by atoms with Crippen LogP contribution < -0.4 is 5.32 Å². The lowest BCUT2D eigenvalue weighted by Gasteiger charge is -2.31. The van der Waals surface area contributed by atoms with Crippen LogP contribution in [0.4, 0.5) is 10.1 Å². The van der Waals surface area contributed by atoms with Gasteiger partial charge in [0.15, 0.2) is 0 Å². The summed E-state index contributed by atoms with van der Waals surface area (Å²) < 4.78 is 39.7. The second kappa shape index (κ2) is 7.97. The topological polar surface area (TPSA) is 66.5 Å². The van der Waals surface area contributed by atoms with Crippen molar-refractivity contribution in [2.45, 2.75) is 18.6 Å². The first kappa shape index (κ1) is 18.5. The molecule has 1 amide bonds. The lowest BCUT2D eigenvalue weighted by molar-refractivity contribution is -0.120.